The van der Waals surface area contributed by atoms with Gasteiger partial charge < -0.3 is 9.88 Å². The number of amides is 1. The van der Waals surface area contributed by atoms with E-state index in [1.807, 2.05) is 4.57 Å². The van der Waals surface area contributed by atoms with Gasteiger partial charge in [-0.25, -0.2) is 8.42 Å². The quantitative estimate of drug-likeness (QED) is 0.698. The van der Waals surface area contributed by atoms with E-state index in [9.17, 15) is 13.2 Å². The summed E-state index contributed by atoms with van der Waals surface area (Å²) in [5, 5.41) is 10.9. The van der Waals surface area contributed by atoms with Crippen molar-refractivity contribution in [3.8, 4) is 0 Å². The first-order chi connectivity index (χ1) is 13.8. The zero-order chi connectivity index (χ0) is 21.0. The highest BCUT2D eigenvalue weighted by molar-refractivity contribution is 7.89. The third-order valence-corrected chi connectivity index (χ3v) is 7.01. The van der Waals surface area contributed by atoms with Crippen LogP contribution in [-0.4, -0.2) is 53.0 Å². The number of hydrogen-bond acceptors (Lipinski definition) is 5. The van der Waals surface area contributed by atoms with Crippen LogP contribution in [0.1, 0.15) is 54.8 Å². The van der Waals surface area contributed by atoms with Gasteiger partial charge in [-0.2, -0.15) is 4.31 Å². The smallest absolute Gasteiger partial charge is 0.251 e. The number of carbonyl (C=O) groups is 1. The Kier molecular flexibility index (Phi) is 6.49. The lowest BCUT2D eigenvalue weighted by molar-refractivity contribution is 0.0958. The van der Waals surface area contributed by atoms with E-state index < -0.39 is 10.0 Å². The minimum Gasteiger partial charge on any atom is -0.349 e. The number of carbonyl (C=O) groups excluding carboxylic acids is 1. The molecule has 1 aromatic heterocycles. The molecule has 0 spiro atoms. The van der Waals surface area contributed by atoms with E-state index in [1.165, 1.54) is 16.4 Å². The lowest BCUT2D eigenvalue weighted by atomic mass is 9.97. The molecule has 29 heavy (non-hydrogen) atoms. The number of aromatic nitrogens is 3. The predicted octanol–water partition coefficient (Wildman–Crippen LogP) is 2.34. The van der Waals surface area contributed by atoms with Crippen LogP contribution >= 0.6 is 0 Å². The normalized spacial score (nSPS) is 16.1. The summed E-state index contributed by atoms with van der Waals surface area (Å²) >= 11 is 0. The van der Waals surface area contributed by atoms with Gasteiger partial charge in [-0.3, -0.25) is 4.79 Å². The van der Waals surface area contributed by atoms with Crippen molar-refractivity contribution in [3.63, 3.8) is 0 Å². The van der Waals surface area contributed by atoms with Crippen LogP contribution in [0.5, 0.6) is 0 Å². The largest absolute Gasteiger partial charge is 0.349 e. The molecule has 1 fully saturated rings. The molecule has 1 aliphatic rings. The van der Waals surface area contributed by atoms with Gasteiger partial charge in [0, 0.05) is 37.2 Å². The molecule has 1 saturated heterocycles. The Balaban J connectivity index is 1.72. The van der Waals surface area contributed by atoms with Crippen molar-refractivity contribution in [2.24, 2.45) is 0 Å². The molecular formula is C20H27N5O3S. The molecule has 0 aliphatic carbocycles. The number of nitrogens with one attached hydrogen (secondary N) is 1. The average Bonchev–Trinajstić information content (AvgIpc) is 3.22. The molecule has 0 saturated carbocycles. The Labute approximate surface area is 171 Å². The Bertz CT molecular complexity index is 976. The maximum Gasteiger partial charge on any atom is 0.251 e. The molecule has 2 heterocycles. The second-order valence-electron chi connectivity index (χ2n) is 7.40. The molecule has 1 aliphatic heterocycles. The van der Waals surface area contributed by atoms with Gasteiger partial charge in [-0.05, 0) is 44.9 Å². The highest BCUT2D eigenvalue weighted by Crippen LogP contribution is 2.30. The van der Waals surface area contributed by atoms with Crippen LogP contribution in [0.4, 0.5) is 0 Å². The summed E-state index contributed by atoms with van der Waals surface area (Å²) in [6.45, 7) is 8.84. The van der Waals surface area contributed by atoms with Crippen molar-refractivity contribution in [2.75, 3.05) is 19.6 Å². The lowest BCUT2D eigenvalue weighted by Crippen LogP contribution is -2.38. The number of piperidine rings is 1. The van der Waals surface area contributed by atoms with Crippen molar-refractivity contribution >= 4 is 15.9 Å². The first kappa shape index (κ1) is 21.2. The van der Waals surface area contributed by atoms with Crippen LogP contribution < -0.4 is 5.32 Å². The predicted molar refractivity (Wildman–Crippen MR) is 110 cm³/mol. The maximum atomic E-state index is 13.1. The second kappa shape index (κ2) is 8.87. The lowest BCUT2D eigenvalue weighted by Gasteiger charge is -2.31. The Morgan fingerprint density at radius 3 is 2.72 bits per heavy atom. The molecule has 3 rings (SSSR count). The minimum atomic E-state index is -3.67. The Morgan fingerprint density at radius 1 is 1.34 bits per heavy atom. The third kappa shape index (κ3) is 4.56. The van der Waals surface area contributed by atoms with Gasteiger partial charge in [-0.1, -0.05) is 12.1 Å². The maximum absolute atomic E-state index is 13.1. The van der Waals surface area contributed by atoms with Gasteiger partial charge in [0.15, 0.2) is 0 Å². The molecule has 1 amide bonds. The number of rotatable bonds is 7. The summed E-state index contributed by atoms with van der Waals surface area (Å²) in [6, 6.07) is 6.41. The summed E-state index contributed by atoms with van der Waals surface area (Å²) in [6.07, 6.45) is 4.67. The van der Waals surface area contributed by atoms with Gasteiger partial charge >= 0.3 is 0 Å². The summed E-state index contributed by atoms with van der Waals surface area (Å²) in [5.41, 5.74) is 0.313. The number of sulfonamides is 1. The van der Waals surface area contributed by atoms with Gasteiger partial charge in [-0.15, -0.1) is 16.8 Å². The fraction of sp³-hybridized carbons (Fsp3) is 0.450. The van der Waals surface area contributed by atoms with E-state index in [2.05, 4.69) is 35.9 Å². The zero-order valence-electron chi connectivity index (χ0n) is 16.8. The summed E-state index contributed by atoms with van der Waals surface area (Å²) in [7, 11) is -3.67. The first-order valence-corrected chi connectivity index (χ1v) is 11.2. The van der Waals surface area contributed by atoms with E-state index in [1.54, 1.807) is 24.5 Å². The minimum absolute atomic E-state index is 0.132. The van der Waals surface area contributed by atoms with E-state index >= 15 is 0 Å². The van der Waals surface area contributed by atoms with Crippen LogP contribution in [0.15, 0.2) is 48.1 Å². The molecule has 0 bridgehead atoms. The highest BCUT2D eigenvalue weighted by Gasteiger charge is 2.32. The summed E-state index contributed by atoms with van der Waals surface area (Å²) < 4.78 is 29.7. The molecule has 0 unspecified atom stereocenters. The van der Waals surface area contributed by atoms with E-state index in [4.69, 9.17) is 0 Å². The fourth-order valence-electron chi connectivity index (χ4n) is 3.51. The number of benzene rings is 1. The van der Waals surface area contributed by atoms with Crippen molar-refractivity contribution in [2.45, 2.75) is 43.5 Å². The molecule has 0 atom stereocenters. The average molecular weight is 418 g/mol. The Hall–Kier alpha value is -2.52. The van der Waals surface area contributed by atoms with Crippen LogP contribution in [0, 0.1) is 0 Å². The van der Waals surface area contributed by atoms with Crippen molar-refractivity contribution in [1.29, 1.82) is 0 Å². The molecule has 1 aromatic carbocycles. The van der Waals surface area contributed by atoms with Gasteiger partial charge in [0.2, 0.25) is 10.0 Å². The first-order valence-electron chi connectivity index (χ1n) is 9.73. The van der Waals surface area contributed by atoms with Crippen molar-refractivity contribution in [1.82, 2.24) is 24.4 Å². The number of hydrogen-bond donors (Lipinski definition) is 1. The molecule has 1 N–H and O–H groups in total. The van der Waals surface area contributed by atoms with E-state index in [0.29, 0.717) is 38.0 Å². The third-order valence-electron chi connectivity index (χ3n) is 5.12. The standard InChI is InChI=1S/C20H27N5O3S/c1-4-10-21-20(26)17-6-5-7-18(13-17)29(27,28)24-11-8-16(9-12-24)19-23-22-14-25(19)15(2)3/h4-7,13-16H,1,8-12H2,2-3H3,(H,21,26). The second-order valence-corrected chi connectivity index (χ2v) is 9.33. The molecule has 156 valence electrons. The highest BCUT2D eigenvalue weighted by atomic mass is 32.2. The van der Waals surface area contributed by atoms with Gasteiger partial charge in [0.25, 0.3) is 5.91 Å². The number of nitrogens with zero attached hydrogens (tertiary/aromatic N) is 4. The van der Waals surface area contributed by atoms with Crippen molar-refractivity contribution < 1.29 is 13.2 Å². The van der Waals surface area contributed by atoms with Gasteiger partial charge in [0.05, 0.1) is 4.90 Å². The van der Waals surface area contributed by atoms with Gasteiger partial charge in [0.1, 0.15) is 12.2 Å². The molecule has 9 heteroatoms. The zero-order valence-corrected chi connectivity index (χ0v) is 17.6. The SMILES string of the molecule is C=CCNC(=O)c1cccc(S(=O)(=O)N2CCC(c3nncn3C(C)C)CC2)c1. The molecular weight excluding hydrogens is 390 g/mol. The van der Waals surface area contributed by atoms with Crippen LogP contribution in [-0.2, 0) is 10.0 Å². The van der Waals surface area contributed by atoms with Crippen molar-refractivity contribution in [3.05, 3.63) is 54.6 Å². The van der Waals surface area contributed by atoms with Crippen LogP contribution in [0.25, 0.3) is 0 Å². The Morgan fingerprint density at radius 2 is 2.07 bits per heavy atom. The summed E-state index contributed by atoms with van der Waals surface area (Å²) in [4.78, 5) is 12.3. The topological polar surface area (TPSA) is 97.2 Å². The molecule has 0 radical (unpaired) electrons. The van der Waals surface area contributed by atoms with E-state index in [-0.39, 0.29) is 22.8 Å². The fourth-order valence-corrected chi connectivity index (χ4v) is 5.03. The molecule has 8 nitrogen and oxygen atoms in total. The van der Waals surface area contributed by atoms with Crippen LogP contribution in [0.2, 0.25) is 0 Å². The molecule has 2 aromatic rings. The van der Waals surface area contributed by atoms with E-state index in [0.717, 1.165) is 5.82 Å². The monoisotopic (exact) mass is 417 g/mol. The van der Waals surface area contributed by atoms with Crippen LogP contribution in [0.3, 0.4) is 0 Å². The summed E-state index contributed by atoms with van der Waals surface area (Å²) in [5.74, 6) is 0.772.